The van der Waals surface area contributed by atoms with Gasteiger partial charge in [-0.25, -0.2) is 8.42 Å². The van der Waals surface area contributed by atoms with Gasteiger partial charge >= 0.3 is 0 Å². The predicted molar refractivity (Wildman–Crippen MR) is 112 cm³/mol. The Morgan fingerprint density at radius 2 is 1.72 bits per heavy atom. The minimum atomic E-state index is -3.68. The number of hydrogen-bond acceptors (Lipinski definition) is 4. The van der Waals surface area contributed by atoms with E-state index in [4.69, 9.17) is 0 Å². The maximum Gasteiger partial charge on any atom is 0.243 e. The molecule has 1 aliphatic heterocycles. The SMILES string of the molecule is O=C(NC1CCC(O)CC1)[C@H]1CCCN(S(=O)(=O)c2cccc3ccccc23)C1. The summed E-state index contributed by atoms with van der Waals surface area (Å²) in [5, 5.41) is 14.3. The van der Waals surface area contributed by atoms with Gasteiger partial charge in [-0.05, 0) is 50.0 Å². The topological polar surface area (TPSA) is 86.7 Å². The molecule has 6 nitrogen and oxygen atoms in total. The van der Waals surface area contributed by atoms with E-state index in [0.717, 1.165) is 18.2 Å². The predicted octanol–water partition coefficient (Wildman–Crippen LogP) is 2.66. The van der Waals surface area contributed by atoms with Gasteiger partial charge in [0, 0.05) is 24.5 Å². The normalized spacial score (nSPS) is 26.3. The molecule has 2 N–H and O–H groups in total. The van der Waals surface area contributed by atoms with Crippen LogP contribution in [-0.2, 0) is 14.8 Å². The minimum Gasteiger partial charge on any atom is -0.393 e. The van der Waals surface area contributed by atoms with Gasteiger partial charge in [-0.15, -0.1) is 0 Å². The first-order chi connectivity index (χ1) is 13.9. The number of aliphatic hydroxyl groups is 1. The molecule has 0 spiro atoms. The van der Waals surface area contributed by atoms with Gasteiger partial charge < -0.3 is 10.4 Å². The molecule has 0 radical (unpaired) electrons. The fourth-order valence-electron chi connectivity index (χ4n) is 4.47. The van der Waals surface area contributed by atoms with Crippen LogP contribution in [-0.4, -0.2) is 49.0 Å². The third kappa shape index (κ3) is 4.32. The average molecular weight is 417 g/mol. The van der Waals surface area contributed by atoms with E-state index in [9.17, 15) is 18.3 Å². The van der Waals surface area contributed by atoms with Crippen LogP contribution in [0.5, 0.6) is 0 Å². The van der Waals surface area contributed by atoms with Crippen molar-refractivity contribution in [3.63, 3.8) is 0 Å². The lowest BCUT2D eigenvalue weighted by Gasteiger charge is -2.33. The highest BCUT2D eigenvalue weighted by Crippen LogP contribution is 2.29. The first-order valence-corrected chi connectivity index (χ1v) is 11.9. The van der Waals surface area contributed by atoms with E-state index in [1.807, 2.05) is 30.3 Å². The standard InChI is InChI=1S/C22H28N2O4S/c25-19-12-10-18(11-13-19)23-22(26)17-7-4-14-24(15-17)29(27,28)21-9-3-6-16-5-1-2-8-20(16)21/h1-3,5-6,8-9,17-19,25H,4,7,10-15H2,(H,23,26)/t17-,18?,19?/m0/s1. The fourth-order valence-corrected chi connectivity index (χ4v) is 6.21. The number of aliphatic hydroxyl groups excluding tert-OH is 1. The molecule has 0 aromatic heterocycles. The molecule has 0 bridgehead atoms. The van der Waals surface area contributed by atoms with E-state index in [0.29, 0.717) is 42.5 Å². The van der Waals surface area contributed by atoms with E-state index < -0.39 is 10.0 Å². The number of piperidine rings is 1. The van der Waals surface area contributed by atoms with Gasteiger partial charge in [0.2, 0.25) is 15.9 Å². The molecular formula is C22H28N2O4S. The van der Waals surface area contributed by atoms with Gasteiger partial charge in [-0.1, -0.05) is 36.4 Å². The van der Waals surface area contributed by atoms with E-state index >= 15 is 0 Å². The lowest BCUT2D eigenvalue weighted by molar-refractivity contribution is -0.127. The summed E-state index contributed by atoms with van der Waals surface area (Å²) in [5.74, 6) is -0.399. The molecule has 2 fully saturated rings. The van der Waals surface area contributed by atoms with Crippen LogP contribution in [0.25, 0.3) is 10.8 Å². The second-order valence-electron chi connectivity index (χ2n) is 8.19. The summed E-state index contributed by atoms with van der Waals surface area (Å²) in [6.45, 7) is 0.650. The van der Waals surface area contributed by atoms with E-state index in [1.165, 1.54) is 4.31 Å². The Morgan fingerprint density at radius 3 is 2.52 bits per heavy atom. The highest BCUT2D eigenvalue weighted by molar-refractivity contribution is 7.89. The number of carbonyl (C=O) groups is 1. The molecule has 2 aromatic rings. The number of carbonyl (C=O) groups excluding carboxylic acids is 1. The second kappa shape index (κ2) is 8.42. The number of sulfonamides is 1. The van der Waals surface area contributed by atoms with E-state index in [1.54, 1.807) is 12.1 Å². The minimum absolute atomic E-state index is 0.0655. The Morgan fingerprint density at radius 1 is 1.00 bits per heavy atom. The Balaban J connectivity index is 1.49. The molecule has 1 atom stereocenters. The van der Waals surface area contributed by atoms with E-state index in [2.05, 4.69) is 5.32 Å². The van der Waals surface area contributed by atoms with Crippen molar-refractivity contribution in [2.45, 2.75) is 55.6 Å². The molecule has 1 saturated carbocycles. The van der Waals surface area contributed by atoms with Crippen LogP contribution < -0.4 is 5.32 Å². The monoisotopic (exact) mass is 416 g/mol. The number of nitrogens with zero attached hydrogens (tertiary/aromatic N) is 1. The van der Waals surface area contributed by atoms with Gasteiger partial charge in [0.05, 0.1) is 16.9 Å². The third-order valence-corrected chi connectivity index (χ3v) is 8.09. The summed E-state index contributed by atoms with van der Waals surface area (Å²) in [6.07, 6.45) is 4.07. The van der Waals surface area contributed by atoms with Crippen molar-refractivity contribution in [1.82, 2.24) is 9.62 Å². The molecule has 4 rings (SSSR count). The largest absolute Gasteiger partial charge is 0.393 e. The van der Waals surface area contributed by atoms with Crippen molar-refractivity contribution in [2.75, 3.05) is 13.1 Å². The number of benzene rings is 2. The summed E-state index contributed by atoms with van der Waals surface area (Å²) in [6, 6.07) is 12.9. The van der Waals surface area contributed by atoms with Crippen LogP contribution in [0.3, 0.4) is 0 Å². The van der Waals surface area contributed by atoms with Gasteiger partial charge in [0.1, 0.15) is 0 Å². The molecule has 1 heterocycles. The van der Waals surface area contributed by atoms with Gasteiger partial charge in [0.25, 0.3) is 0 Å². The molecule has 1 aliphatic carbocycles. The van der Waals surface area contributed by atoms with Crippen LogP contribution in [0.4, 0.5) is 0 Å². The zero-order chi connectivity index (χ0) is 20.4. The summed E-state index contributed by atoms with van der Waals surface area (Å²) >= 11 is 0. The zero-order valence-corrected chi connectivity index (χ0v) is 17.3. The summed E-state index contributed by atoms with van der Waals surface area (Å²) in [4.78, 5) is 13.1. The van der Waals surface area contributed by atoms with Crippen LogP contribution in [0.1, 0.15) is 38.5 Å². The van der Waals surface area contributed by atoms with Crippen molar-refractivity contribution < 1.29 is 18.3 Å². The fraction of sp³-hybridized carbons (Fsp3) is 0.500. The van der Waals surface area contributed by atoms with Crippen molar-refractivity contribution in [2.24, 2.45) is 5.92 Å². The van der Waals surface area contributed by atoms with Crippen molar-refractivity contribution >= 4 is 26.7 Å². The molecule has 1 amide bonds. The van der Waals surface area contributed by atoms with E-state index in [-0.39, 0.29) is 30.5 Å². The summed E-state index contributed by atoms with van der Waals surface area (Å²) < 4.78 is 28.2. The Kier molecular flexibility index (Phi) is 5.90. The van der Waals surface area contributed by atoms with Gasteiger partial charge in [0.15, 0.2) is 0 Å². The Bertz CT molecular complexity index is 978. The molecule has 2 aliphatic rings. The van der Waals surface area contributed by atoms with Crippen molar-refractivity contribution in [3.05, 3.63) is 42.5 Å². The van der Waals surface area contributed by atoms with Crippen LogP contribution in [0.2, 0.25) is 0 Å². The summed E-state index contributed by atoms with van der Waals surface area (Å²) in [7, 11) is -3.68. The highest BCUT2D eigenvalue weighted by atomic mass is 32.2. The Labute approximate surface area is 172 Å². The maximum absolute atomic E-state index is 13.4. The first-order valence-electron chi connectivity index (χ1n) is 10.4. The van der Waals surface area contributed by atoms with Crippen LogP contribution in [0.15, 0.2) is 47.4 Å². The number of fused-ring (bicyclic) bond motifs is 1. The van der Waals surface area contributed by atoms with Crippen molar-refractivity contribution in [1.29, 1.82) is 0 Å². The molecule has 0 unspecified atom stereocenters. The molecule has 156 valence electrons. The quantitative estimate of drug-likeness (QED) is 0.802. The highest BCUT2D eigenvalue weighted by Gasteiger charge is 2.35. The Hall–Kier alpha value is -1.96. The number of hydrogen-bond donors (Lipinski definition) is 2. The molecule has 29 heavy (non-hydrogen) atoms. The van der Waals surface area contributed by atoms with Crippen LogP contribution >= 0.6 is 0 Å². The number of nitrogens with one attached hydrogen (secondary N) is 1. The molecular weight excluding hydrogens is 388 g/mol. The molecule has 1 saturated heterocycles. The summed E-state index contributed by atoms with van der Waals surface area (Å²) in [5.41, 5.74) is 0. The number of amides is 1. The van der Waals surface area contributed by atoms with Crippen molar-refractivity contribution in [3.8, 4) is 0 Å². The van der Waals surface area contributed by atoms with Gasteiger partial charge in [-0.2, -0.15) is 4.31 Å². The first kappa shape index (κ1) is 20.3. The zero-order valence-electron chi connectivity index (χ0n) is 16.5. The lowest BCUT2D eigenvalue weighted by atomic mass is 9.92. The second-order valence-corrected chi connectivity index (χ2v) is 10.1. The maximum atomic E-state index is 13.4. The average Bonchev–Trinajstić information content (AvgIpc) is 2.75. The van der Waals surface area contributed by atoms with Crippen LogP contribution in [0, 0.1) is 5.92 Å². The lowest BCUT2D eigenvalue weighted by Crippen LogP contribution is -2.48. The number of rotatable bonds is 4. The smallest absolute Gasteiger partial charge is 0.243 e. The van der Waals surface area contributed by atoms with Gasteiger partial charge in [-0.3, -0.25) is 4.79 Å². The molecule has 7 heteroatoms. The third-order valence-electron chi connectivity index (χ3n) is 6.17. The molecule has 2 aromatic carbocycles.